The molecule has 0 heterocycles. The normalized spacial score (nSPS) is 12.1. The van der Waals surface area contributed by atoms with Gasteiger partial charge in [-0.3, -0.25) is 4.79 Å². The van der Waals surface area contributed by atoms with E-state index in [1.807, 2.05) is 24.3 Å². The van der Waals surface area contributed by atoms with Crippen molar-refractivity contribution in [3.63, 3.8) is 0 Å². The number of hydrogen-bond donors (Lipinski definition) is 2. The van der Waals surface area contributed by atoms with Gasteiger partial charge in [0.05, 0.1) is 0 Å². The van der Waals surface area contributed by atoms with E-state index in [0.717, 1.165) is 23.6 Å². The molecular formula is C29H45NO3. The fourth-order valence-corrected chi connectivity index (χ4v) is 4.28. The van der Waals surface area contributed by atoms with Crippen molar-refractivity contribution in [1.29, 1.82) is 0 Å². The zero-order valence-electron chi connectivity index (χ0n) is 20.9. The Morgan fingerprint density at radius 1 is 0.788 bits per heavy atom. The van der Waals surface area contributed by atoms with E-state index >= 15 is 0 Å². The van der Waals surface area contributed by atoms with Gasteiger partial charge in [-0.1, -0.05) is 115 Å². The summed E-state index contributed by atoms with van der Waals surface area (Å²) in [6.45, 7) is 4.73. The molecule has 0 saturated heterocycles. The molecule has 2 aromatic carbocycles. The Morgan fingerprint density at radius 3 is 1.88 bits per heavy atom. The van der Waals surface area contributed by atoms with Gasteiger partial charge in [-0.15, -0.1) is 0 Å². The Hall–Kier alpha value is -2.23. The Labute approximate surface area is 201 Å². The van der Waals surface area contributed by atoms with Gasteiger partial charge in [-0.05, 0) is 25.5 Å². The summed E-state index contributed by atoms with van der Waals surface area (Å²) >= 11 is 0. The monoisotopic (exact) mass is 455 g/mol. The summed E-state index contributed by atoms with van der Waals surface area (Å²) in [7, 11) is 0. The number of amides is 1. The van der Waals surface area contributed by atoms with Crippen molar-refractivity contribution in [3.05, 3.63) is 36.4 Å². The number of ether oxygens (including phenoxy) is 1. The maximum absolute atomic E-state index is 12.4. The number of benzene rings is 2. The predicted molar refractivity (Wildman–Crippen MR) is 139 cm³/mol. The van der Waals surface area contributed by atoms with Crippen LogP contribution in [0.25, 0.3) is 10.8 Å². The summed E-state index contributed by atoms with van der Waals surface area (Å²) in [5.74, 6) is 0.734. The summed E-state index contributed by atoms with van der Waals surface area (Å²) in [5.41, 5.74) is 0. The van der Waals surface area contributed by atoms with Gasteiger partial charge in [-0.25, -0.2) is 0 Å². The van der Waals surface area contributed by atoms with Gasteiger partial charge < -0.3 is 15.2 Å². The van der Waals surface area contributed by atoms with Gasteiger partial charge in [0.15, 0.2) is 6.10 Å². The molecule has 2 N–H and O–H groups in total. The lowest BCUT2D eigenvalue weighted by Crippen LogP contribution is -2.36. The Morgan fingerprint density at radius 2 is 1.30 bits per heavy atom. The number of carbonyl (C=O) groups is 1. The van der Waals surface area contributed by atoms with Crippen LogP contribution in [0.2, 0.25) is 0 Å². The third-order valence-electron chi connectivity index (χ3n) is 6.36. The first-order chi connectivity index (χ1) is 16.1. The van der Waals surface area contributed by atoms with Gasteiger partial charge in [0.1, 0.15) is 11.5 Å². The molecule has 0 aliphatic heterocycles. The van der Waals surface area contributed by atoms with Crippen LogP contribution >= 0.6 is 0 Å². The van der Waals surface area contributed by atoms with Gasteiger partial charge in [0, 0.05) is 17.3 Å². The third-order valence-corrected chi connectivity index (χ3v) is 6.36. The molecule has 0 aliphatic rings. The van der Waals surface area contributed by atoms with Crippen molar-refractivity contribution in [2.75, 3.05) is 6.54 Å². The molecule has 0 radical (unpaired) electrons. The van der Waals surface area contributed by atoms with E-state index in [2.05, 4.69) is 12.2 Å². The molecule has 184 valence electrons. The molecule has 4 nitrogen and oxygen atoms in total. The van der Waals surface area contributed by atoms with Crippen LogP contribution in [0.15, 0.2) is 36.4 Å². The molecule has 2 rings (SSSR count). The number of carbonyl (C=O) groups excluding carboxylic acids is 1. The van der Waals surface area contributed by atoms with Crippen molar-refractivity contribution < 1.29 is 14.6 Å². The molecule has 2 aromatic rings. The van der Waals surface area contributed by atoms with Crippen molar-refractivity contribution in [2.45, 2.75) is 110 Å². The number of unbranched alkanes of at least 4 members (excludes halogenated alkanes) is 13. The minimum atomic E-state index is -0.579. The quantitative estimate of drug-likeness (QED) is 0.224. The second-order valence-electron chi connectivity index (χ2n) is 9.28. The van der Waals surface area contributed by atoms with E-state index in [1.54, 1.807) is 19.1 Å². The first-order valence-corrected chi connectivity index (χ1v) is 13.3. The maximum atomic E-state index is 12.4. The van der Waals surface area contributed by atoms with Crippen LogP contribution in [-0.4, -0.2) is 23.7 Å². The first-order valence-electron chi connectivity index (χ1n) is 13.3. The molecular weight excluding hydrogens is 410 g/mol. The topological polar surface area (TPSA) is 58.6 Å². The van der Waals surface area contributed by atoms with Crippen molar-refractivity contribution >= 4 is 16.7 Å². The summed E-state index contributed by atoms with van der Waals surface area (Å²) in [5, 5.41) is 14.5. The molecule has 4 heteroatoms. The van der Waals surface area contributed by atoms with Crippen molar-refractivity contribution in [3.8, 4) is 11.5 Å². The van der Waals surface area contributed by atoms with Crippen LogP contribution in [0.3, 0.4) is 0 Å². The lowest BCUT2D eigenvalue weighted by atomic mass is 10.0. The molecule has 0 saturated carbocycles. The number of hydrogen-bond acceptors (Lipinski definition) is 3. The zero-order valence-corrected chi connectivity index (χ0v) is 20.9. The van der Waals surface area contributed by atoms with E-state index in [9.17, 15) is 9.90 Å². The van der Waals surface area contributed by atoms with Crippen LogP contribution in [0, 0.1) is 0 Å². The minimum absolute atomic E-state index is 0.0955. The van der Waals surface area contributed by atoms with Crippen molar-refractivity contribution in [1.82, 2.24) is 5.32 Å². The number of phenolic OH excluding ortho intramolecular Hbond substituents is 1. The molecule has 0 fully saturated rings. The summed E-state index contributed by atoms with van der Waals surface area (Å²) in [6.07, 6.45) is 18.0. The highest BCUT2D eigenvalue weighted by Gasteiger charge is 2.16. The second-order valence-corrected chi connectivity index (χ2v) is 9.28. The van der Waals surface area contributed by atoms with Gasteiger partial charge >= 0.3 is 0 Å². The molecule has 1 atom stereocenters. The van der Waals surface area contributed by atoms with E-state index < -0.39 is 6.10 Å². The lowest BCUT2D eigenvalue weighted by molar-refractivity contribution is -0.127. The third kappa shape index (κ3) is 10.5. The largest absolute Gasteiger partial charge is 0.507 e. The SMILES string of the molecule is CCCCCCCCCCCCCCCCNC(=O)C(C)Oc1ccc(O)c2ccccc12. The molecule has 0 aromatic heterocycles. The molecule has 33 heavy (non-hydrogen) atoms. The van der Waals surface area contributed by atoms with Crippen LogP contribution in [0.5, 0.6) is 11.5 Å². The first kappa shape index (κ1) is 27.0. The van der Waals surface area contributed by atoms with Crippen LogP contribution < -0.4 is 10.1 Å². The average molecular weight is 456 g/mol. The van der Waals surface area contributed by atoms with Gasteiger partial charge in [0.2, 0.25) is 0 Å². The number of phenols is 1. The van der Waals surface area contributed by atoms with E-state index in [-0.39, 0.29) is 11.7 Å². The lowest BCUT2D eigenvalue weighted by Gasteiger charge is -2.16. The average Bonchev–Trinajstić information content (AvgIpc) is 2.83. The highest BCUT2D eigenvalue weighted by molar-refractivity contribution is 5.93. The van der Waals surface area contributed by atoms with E-state index in [4.69, 9.17) is 4.74 Å². The second kappa shape index (κ2) is 16.4. The Balaban J connectivity index is 1.49. The minimum Gasteiger partial charge on any atom is -0.507 e. The van der Waals surface area contributed by atoms with Crippen LogP contribution in [0.4, 0.5) is 0 Å². The number of aromatic hydroxyl groups is 1. The zero-order chi connectivity index (χ0) is 23.7. The van der Waals surface area contributed by atoms with Crippen molar-refractivity contribution in [2.24, 2.45) is 0 Å². The highest BCUT2D eigenvalue weighted by Crippen LogP contribution is 2.32. The summed E-state index contributed by atoms with van der Waals surface area (Å²) < 4.78 is 5.90. The Kier molecular flexibility index (Phi) is 13.4. The van der Waals surface area contributed by atoms with Crippen LogP contribution in [0.1, 0.15) is 104 Å². The smallest absolute Gasteiger partial charge is 0.260 e. The fourth-order valence-electron chi connectivity index (χ4n) is 4.28. The summed E-state index contributed by atoms with van der Waals surface area (Å²) in [6, 6.07) is 10.8. The molecule has 0 aliphatic carbocycles. The van der Waals surface area contributed by atoms with E-state index in [0.29, 0.717) is 12.3 Å². The predicted octanol–water partition coefficient (Wildman–Crippen LogP) is 7.91. The molecule has 1 amide bonds. The molecule has 0 spiro atoms. The Bertz CT molecular complexity index is 805. The maximum Gasteiger partial charge on any atom is 0.260 e. The van der Waals surface area contributed by atoms with Gasteiger partial charge in [-0.2, -0.15) is 0 Å². The molecule has 0 bridgehead atoms. The standard InChI is InChI=1S/C29H45NO3/c1-3-4-5-6-7-8-9-10-11-12-13-14-15-18-23-30-29(32)24(2)33-28-22-21-27(31)25-19-16-17-20-26(25)28/h16-17,19-22,24,31H,3-15,18,23H2,1-2H3,(H,30,32). The highest BCUT2D eigenvalue weighted by atomic mass is 16.5. The fraction of sp³-hybridized carbons (Fsp3) is 0.621. The number of fused-ring (bicyclic) bond motifs is 1. The van der Waals surface area contributed by atoms with Gasteiger partial charge in [0.25, 0.3) is 5.91 Å². The van der Waals surface area contributed by atoms with Crippen LogP contribution in [-0.2, 0) is 4.79 Å². The molecule has 1 unspecified atom stereocenters. The van der Waals surface area contributed by atoms with E-state index in [1.165, 1.54) is 77.0 Å². The number of nitrogens with one attached hydrogen (secondary N) is 1. The number of rotatable bonds is 18. The summed E-state index contributed by atoms with van der Waals surface area (Å²) in [4.78, 5) is 12.4.